The van der Waals surface area contributed by atoms with Gasteiger partial charge in [0, 0.05) is 11.8 Å². The Labute approximate surface area is 216 Å². The highest BCUT2D eigenvalue weighted by molar-refractivity contribution is 5.76. The second kappa shape index (κ2) is 9.50. The molecule has 1 aliphatic rings. The van der Waals surface area contributed by atoms with E-state index in [1.165, 1.54) is 5.56 Å². The van der Waals surface area contributed by atoms with Crippen LogP contribution < -0.4 is 5.32 Å². The molecule has 37 heavy (non-hydrogen) atoms. The average Bonchev–Trinajstić information content (AvgIpc) is 3.67. The van der Waals surface area contributed by atoms with E-state index < -0.39 is 0 Å². The van der Waals surface area contributed by atoms with Gasteiger partial charge in [0.2, 0.25) is 0 Å². The van der Waals surface area contributed by atoms with E-state index in [4.69, 9.17) is 9.52 Å². The fourth-order valence-electron chi connectivity index (χ4n) is 5.13. The third-order valence-corrected chi connectivity index (χ3v) is 6.95. The summed E-state index contributed by atoms with van der Waals surface area (Å²) >= 11 is 0. The van der Waals surface area contributed by atoms with Crippen LogP contribution in [-0.4, -0.2) is 25.3 Å². The fraction of sp³-hybridized carbons (Fsp3) is 0.200. The summed E-state index contributed by atoms with van der Waals surface area (Å²) in [7, 11) is 0. The molecule has 3 aromatic heterocycles. The number of rotatable bonds is 5. The molecule has 0 bridgehead atoms. The minimum absolute atomic E-state index is 0.155. The SMILES string of the molecule is CCc1nn(-c2ccccc2)c2c1CN(C(=O)NCc1ccco1)C(c1ccc(C)cc1)c1cccn1-2. The lowest BCUT2D eigenvalue weighted by atomic mass is 10.0. The van der Waals surface area contributed by atoms with Gasteiger partial charge < -0.3 is 19.2 Å². The van der Waals surface area contributed by atoms with Gasteiger partial charge in [-0.2, -0.15) is 5.10 Å². The molecule has 1 aliphatic heterocycles. The lowest BCUT2D eigenvalue weighted by Gasteiger charge is -2.31. The van der Waals surface area contributed by atoms with E-state index in [0.717, 1.165) is 40.4 Å². The van der Waals surface area contributed by atoms with E-state index in [1.807, 2.05) is 46.0 Å². The Bertz CT molecular complexity index is 1510. The van der Waals surface area contributed by atoms with Gasteiger partial charge in [0.05, 0.1) is 42.5 Å². The highest BCUT2D eigenvalue weighted by Gasteiger charge is 2.36. The molecule has 0 saturated heterocycles. The number of fused-ring (bicyclic) bond motifs is 3. The molecule has 0 spiro atoms. The Morgan fingerprint density at radius 3 is 2.57 bits per heavy atom. The monoisotopic (exact) mass is 491 g/mol. The highest BCUT2D eigenvalue weighted by Crippen LogP contribution is 2.38. The third-order valence-electron chi connectivity index (χ3n) is 6.95. The lowest BCUT2D eigenvalue weighted by molar-refractivity contribution is 0.179. The Kier molecular flexibility index (Phi) is 5.88. The van der Waals surface area contributed by atoms with Crippen LogP contribution in [0.3, 0.4) is 0 Å². The van der Waals surface area contributed by atoms with Crippen LogP contribution in [0.5, 0.6) is 0 Å². The molecule has 186 valence electrons. The van der Waals surface area contributed by atoms with E-state index in [1.54, 1.807) is 6.26 Å². The van der Waals surface area contributed by atoms with Crippen LogP contribution in [0.1, 0.15) is 46.8 Å². The van der Waals surface area contributed by atoms with E-state index in [-0.39, 0.29) is 12.1 Å². The van der Waals surface area contributed by atoms with Crippen LogP contribution in [0.25, 0.3) is 11.5 Å². The van der Waals surface area contributed by atoms with Gasteiger partial charge in [-0.05, 0) is 55.3 Å². The zero-order valence-corrected chi connectivity index (χ0v) is 21.0. The van der Waals surface area contributed by atoms with Gasteiger partial charge in [-0.3, -0.25) is 0 Å². The predicted octanol–water partition coefficient (Wildman–Crippen LogP) is 5.94. The smallest absolute Gasteiger partial charge is 0.318 e. The zero-order chi connectivity index (χ0) is 25.4. The van der Waals surface area contributed by atoms with Crippen LogP contribution in [0.4, 0.5) is 4.79 Å². The van der Waals surface area contributed by atoms with Gasteiger partial charge >= 0.3 is 6.03 Å². The van der Waals surface area contributed by atoms with Gasteiger partial charge in [-0.25, -0.2) is 9.48 Å². The van der Waals surface area contributed by atoms with Crippen molar-refractivity contribution >= 4 is 6.03 Å². The minimum Gasteiger partial charge on any atom is -0.467 e. The van der Waals surface area contributed by atoms with Crippen molar-refractivity contribution in [2.24, 2.45) is 0 Å². The maximum absolute atomic E-state index is 13.9. The molecule has 1 unspecified atom stereocenters. The first-order valence-corrected chi connectivity index (χ1v) is 12.6. The summed E-state index contributed by atoms with van der Waals surface area (Å²) in [4.78, 5) is 15.8. The number of carbonyl (C=O) groups is 1. The van der Waals surface area contributed by atoms with Crippen molar-refractivity contribution in [1.29, 1.82) is 0 Å². The van der Waals surface area contributed by atoms with Crippen molar-refractivity contribution in [3.8, 4) is 11.5 Å². The first-order valence-electron chi connectivity index (χ1n) is 12.6. The van der Waals surface area contributed by atoms with Crippen molar-refractivity contribution in [3.05, 3.63) is 125 Å². The van der Waals surface area contributed by atoms with Crippen molar-refractivity contribution in [1.82, 2.24) is 24.6 Å². The number of amides is 2. The number of furan rings is 1. The number of para-hydroxylation sites is 1. The fourth-order valence-corrected chi connectivity index (χ4v) is 5.13. The van der Waals surface area contributed by atoms with Crippen molar-refractivity contribution < 1.29 is 9.21 Å². The number of aromatic nitrogens is 3. The van der Waals surface area contributed by atoms with Crippen molar-refractivity contribution in [3.63, 3.8) is 0 Å². The molecule has 0 saturated carbocycles. The molecule has 0 aliphatic carbocycles. The maximum atomic E-state index is 13.9. The number of urea groups is 1. The summed E-state index contributed by atoms with van der Waals surface area (Å²) in [5.41, 5.74) is 6.26. The molecule has 4 heterocycles. The third kappa shape index (κ3) is 4.12. The number of aryl methyl sites for hydroxylation is 2. The topological polar surface area (TPSA) is 68.2 Å². The normalized spacial score (nSPS) is 14.6. The summed E-state index contributed by atoms with van der Waals surface area (Å²) in [6, 6.07) is 26.0. The molecule has 0 fully saturated rings. The van der Waals surface area contributed by atoms with Crippen LogP contribution >= 0.6 is 0 Å². The number of benzene rings is 2. The molecule has 5 aromatic rings. The molecule has 1 N–H and O–H groups in total. The first kappa shape index (κ1) is 22.9. The average molecular weight is 492 g/mol. The van der Waals surface area contributed by atoms with Gasteiger partial charge in [-0.15, -0.1) is 0 Å². The van der Waals surface area contributed by atoms with Gasteiger partial charge in [0.25, 0.3) is 0 Å². The Balaban J connectivity index is 1.52. The summed E-state index contributed by atoms with van der Waals surface area (Å²) in [5, 5.41) is 8.09. The molecule has 2 aromatic carbocycles. The molecule has 7 heteroatoms. The molecule has 1 atom stereocenters. The Morgan fingerprint density at radius 2 is 1.84 bits per heavy atom. The van der Waals surface area contributed by atoms with E-state index >= 15 is 0 Å². The molecular weight excluding hydrogens is 462 g/mol. The number of nitrogens with one attached hydrogen (secondary N) is 1. The van der Waals surface area contributed by atoms with Gasteiger partial charge in [-0.1, -0.05) is 55.0 Å². The summed E-state index contributed by atoms with van der Waals surface area (Å²) in [6.07, 6.45) is 4.45. The number of carbonyl (C=O) groups excluding carboxylic acids is 1. The van der Waals surface area contributed by atoms with Gasteiger partial charge in [0.1, 0.15) is 11.6 Å². The molecule has 7 nitrogen and oxygen atoms in total. The molecule has 2 amide bonds. The number of hydrogen-bond donors (Lipinski definition) is 1. The van der Waals surface area contributed by atoms with E-state index in [2.05, 4.69) is 72.4 Å². The van der Waals surface area contributed by atoms with Crippen molar-refractivity contribution in [2.75, 3.05) is 0 Å². The van der Waals surface area contributed by atoms with E-state index in [0.29, 0.717) is 18.8 Å². The second-order valence-electron chi connectivity index (χ2n) is 9.33. The lowest BCUT2D eigenvalue weighted by Crippen LogP contribution is -2.41. The zero-order valence-electron chi connectivity index (χ0n) is 21.0. The Morgan fingerprint density at radius 1 is 1.03 bits per heavy atom. The van der Waals surface area contributed by atoms with Gasteiger partial charge in [0.15, 0.2) is 0 Å². The highest BCUT2D eigenvalue weighted by atomic mass is 16.3. The summed E-state index contributed by atoms with van der Waals surface area (Å²) in [5.74, 6) is 1.69. The van der Waals surface area contributed by atoms with E-state index in [9.17, 15) is 4.79 Å². The standard InChI is InChI=1S/C30H29N5O2/c1-3-26-25-20-34(30(36)31-19-24-11-8-18-37-24)28(22-15-13-21(2)14-16-22)27-12-7-17-33(27)29(25)35(32-26)23-9-5-4-6-10-23/h4-18,28H,3,19-20H2,1-2H3,(H,31,36). The number of hydrogen-bond acceptors (Lipinski definition) is 3. The minimum atomic E-state index is -0.284. The summed E-state index contributed by atoms with van der Waals surface area (Å²) in [6.45, 7) is 4.93. The van der Waals surface area contributed by atoms with Crippen LogP contribution in [0.15, 0.2) is 95.7 Å². The second-order valence-corrected chi connectivity index (χ2v) is 9.33. The maximum Gasteiger partial charge on any atom is 0.318 e. The summed E-state index contributed by atoms with van der Waals surface area (Å²) < 4.78 is 9.66. The predicted molar refractivity (Wildman–Crippen MR) is 142 cm³/mol. The molecule has 6 rings (SSSR count). The quantitative estimate of drug-likeness (QED) is 0.331. The van der Waals surface area contributed by atoms with Crippen LogP contribution in [0.2, 0.25) is 0 Å². The Hall–Kier alpha value is -4.52. The molecular formula is C30H29N5O2. The largest absolute Gasteiger partial charge is 0.467 e. The number of nitrogens with zero attached hydrogens (tertiary/aromatic N) is 4. The van der Waals surface area contributed by atoms with Crippen molar-refractivity contribution in [2.45, 2.75) is 39.4 Å². The van der Waals surface area contributed by atoms with Crippen LogP contribution in [-0.2, 0) is 19.5 Å². The molecule has 0 radical (unpaired) electrons. The first-order chi connectivity index (χ1) is 18.1. The van der Waals surface area contributed by atoms with Crippen LogP contribution in [0, 0.1) is 6.92 Å².